The zero-order valence-electron chi connectivity index (χ0n) is 13.7. The summed E-state index contributed by atoms with van der Waals surface area (Å²) in [6, 6.07) is 4.83. The van der Waals surface area contributed by atoms with Crippen LogP contribution in [0.5, 0.6) is 5.75 Å². The third-order valence-corrected chi connectivity index (χ3v) is 5.11. The van der Waals surface area contributed by atoms with Gasteiger partial charge in [0.1, 0.15) is 11.6 Å². The van der Waals surface area contributed by atoms with Crippen molar-refractivity contribution in [3.63, 3.8) is 0 Å². The van der Waals surface area contributed by atoms with Gasteiger partial charge in [0.25, 0.3) is 0 Å². The number of benzene rings is 1. The van der Waals surface area contributed by atoms with Crippen LogP contribution in [-0.4, -0.2) is 13.7 Å². The van der Waals surface area contributed by atoms with Crippen LogP contribution < -0.4 is 10.5 Å². The van der Waals surface area contributed by atoms with Crippen molar-refractivity contribution in [2.24, 2.45) is 23.0 Å². The third kappa shape index (κ3) is 3.57. The molecule has 118 valence electrons. The van der Waals surface area contributed by atoms with Crippen molar-refractivity contribution in [2.75, 3.05) is 13.7 Å². The van der Waals surface area contributed by atoms with Crippen LogP contribution in [0.25, 0.3) is 0 Å². The summed E-state index contributed by atoms with van der Waals surface area (Å²) in [7, 11) is 1.65. The predicted octanol–water partition coefficient (Wildman–Crippen LogP) is 4.34. The van der Waals surface area contributed by atoms with Gasteiger partial charge in [-0.3, -0.25) is 0 Å². The van der Waals surface area contributed by atoms with Gasteiger partial charge in [-0.05, 0) is 67.2 Å². The number of hydrogen-bond donors (Lipinski definition) is 1. The molecule has 1 saturated carbocycles. The summed E-state index contributed by atoms with van der Waals surface area (Å²) < 4.78 is 19.2. The number of methoxy groups -OCH3 is 1. The van der Waals surface area contributed by atoms with Crippen molar-refractivity contribution in [1.29, 1.82) is 0 Å². The van der Waals surface area contributed by atoms with Gasteiger partial charge in [-0.25, -0.2) is 4.39 Å². The van der Waals surface area contributed by atoms with E-state index in [4.69, 9.17) is 10.5 Å². The van der Waals surface area contributed by atoms with Crippen LogP contribution >= 0.6 is 0 Å². The second-order valence-corrected chi connectivity index (χ2v) is 7.36. The standard InChI is InChI=1S/C18H28FNO/c1-18(2,3)13-6-5-12(11-20)15(9-13)16-10-14(19)7-8-17(16)21-4/h7-8,10,12-13,15H,5-6,9,11,20H2,1-4H3. The van der Waals surface area contributed by atoms with E-state index in [1.165, 1.54) is 12.5 Å². The molecular formula is C18H28FNO. The van der Waals surface area contributed by atoms with Gasteiger partial charge in [0.2, 0.25) is 0 Å². The minimum absolute atomic E-state index is 0.195. The number of hydrogen-bond acceptors (Lipinski definition) is 2. The summed E-state index contributed by atoms with van der Waals surface area (Å²) in [5.41, 5.74) is 7.24. The van der Waals surface area contributed by atoms with Crippen LogP contribution in [0.15, 0.2) is 18.2 Å². The lowest BCUT2D eigenvalue weighted by molar-refractivity contribution is 0.132. The normalized spacial score (nSPS) is 26.7. The quantitative estimate of drug-likeness (QED) is 0.899. The maximum absolute atomic E-state index is 13.7. The van der Waals surface area contributed by atoms with Crippen LogP contribution in [0.4, 0.5) is 4.39 Å². The summed E-state index contributed by atoms with van der Waals surface area (Å²) in [6.45, 7) is 7.53. The Morgan fingerprint density at radius 1 is 1.29 bits per heavy atom. The molecule has 2 nitrogen and oxygen atoms in total. The molecule has 0 radical (unpaired) electrons. The molecule has 2 rings (SSSR count). The maximum Gasteiger partial charge on any atom is 0.123 e. The van der Waals surface area contributed by atoms with E-state index in [9.17, 15) is 4.39 Å². The first kappa shape index (κ1) is 16.3. The van der Waals surface area contributed by atoms with Crippen LogP contribution in [0, 0.1) is 23.1 Å². The van der Waals surface area contributed by atoms with E-state index in [2.05, 4.69) is 20.8 Å². The summed E-state index contributed by atoms with van der Waals surface area (Å²) in [5, 5.41) is 0. The van der Waals surface area contributed by atoms with E-state index >= 15 is 0 Å². The van der Waals surface area contributed by atoms with Gasteiger partial charge in [0.15, 0.2) is 0 Å². The molecule has 1 aromatic rings. The van der Waals surface area contributed by atoms with E-state index < -0.39 is 0 Å². The molecule has 1 aliphatic rings. The summed E-state index contributed by atoms with van der Waals surface area (Å²) >= 11 is 0. The van der Waals surface area contributed by atoms with Gasteiger partial charge in [0.05, 0.1) is 7.11 Å². The Bertz CT molecular complexity index is 481. The highest BCUT2D eigenvalue weighted by Crippen LogP contribution is 2.48. The highest BCUT2D eigenvalue weighted by atomic mass is 19.1. The Kier molecular flexibility index (Phi) is 4.92. The second-order valence-electron chi connectivity index (χ2n) is 7.36. The average Bonchev–Trinajstić information content (AvgIpc) is 2.45. The molecule has 2 N–H and O–H groups in total. The zero-order chi connectivity index (χ0) is 15.6. The van der Waals surface area contributed by atoms with Crippen LogP contribution in [0.3, 0.4) is 0 Å². The second kappa shape index (κ2) is 6.35. The number of nitrogens with two attached hydrogens (primary N) is 1. The molecule has 21 heavy (non-hydrogen) atoms. The first-order chi connectivity index (χ1) is 9.86. The topological polar surface area (TPSA) is 35.2 Å². The fraction of sp³-hybridized carbons (Fsp3) is 0.667. The lowest BCUT2D eigenvalue weighted by Gasteiger charge is -2.42. The first-order valence-corrected chi connectivity index (χ1v) is 7.90. The van der Waals surface area contributed by atoms with Crippen molar-refractivity contribution in [3.05, 3.63) is 29.6 Å². The Hall–Kier alpha value is -1.09. The zero-order valence-corrected chi connectivity index (χ0v) is 13.7. The van der Waals surface area contributed by atoms with Crippen molar-refractivity contribution < 1.29 is 9.13 Å². The highest BCUT2D eigenvalue weighted by Gasteiger charge is 2.37. The third-order valence-electron chi connectivity index (χ3n) is 5.11. The van der Waals surface area contributed by atoms with E-state index in [1.807, 2.05) is 0 Å². The largest absolute Gasteiger partial charge is 0.496 e. The van der Waals surface area contributed by atoms with Gasteiger partial charge < -0.3 is 10.5 Å². The molecule has 0 spiro atoms. The van der Waals surface area contributed by atoms with Gasteiger partial charge in [0, 0.05) is 5.56 Å². The van der Waals surface area contributed by atoms with Crippen molar-refractivity contribution in [2.45, 2.75) is 46.0 Å². The Morgan fingerprint density at radius 3 is 2.57 bits per heavy atom. The molecule has 0 heterocycles. The molecule has 3 unspecified atom stereocenters. The average molecular weight is 293 g/mol. The van der Waals surface area contributed by atoms with Crippen LogP contribution in [0.2, 0.25) is 0 Å². The van der Waals surface area contributed by atoms with Crippen molar-refractivity contribution in [1.82, 2.24) is 0 Å². The molecule has 3 atom stereocenters. The maximum atomic E-state index is 13.7. The van der Waals surface area contributed by atoms with E-state index in [0.717, 1.165) is 24.2 Å². The summed E-state index contributed by atoms with van der Waals surface area (Å²) in [5.74, 6) is 1.94. The molecule has 0 bridgehead atoms. The van der Waals surface area contributed by atoms with E-state index in [1.54, 1.807) is 19.2 Å². The van der Waals surface area contributed by atoms with Crippen LogP contribution in [-0.2, 0) is 0 Å². The summed E-state index contributed by atoms with van der Waals surface area (Å²) in [4.78, 5) is 0. The number of halogens is 1. The molecule has 0 amide bonds. The monoisotopic (exact) mass is 293 g/mol. The van der Waals surface area contributed by atoms with Crippen molar-refractivity contribution in [3.8, 4) is 5.75 Å². The lowest BCUT2D eigenvalue weighted by Crippen LogP contribution is -2.34. The lowest BCUT2D eigenvalue weighted by atomic mass is 9.64. The summed E-state index contributed by atoms with van der Waals surface area (Å²) in [6.07, 6.45) is 3.38. The fourth-order valence-electron chi connectivity index (χ4n) is 3.68. The molecule has 1 aliphatic carbocycles. The SMILES string of the molecule is COc1ccc(F)cc1C1CC(C(C)(C)C)CCC1CN. The van der Waals surface area contributed by atoms with Gasteiger partial charge >= 0.3 is 0 Å². The van der Waals surface area contributed by atoms with Gasteiger partial charge in [-0.15, -0.1) is 0 Å². The Morgan fingerprint density at radius 2 is 2.00 bits per heavy atom. The minimum atomic E-state index is -0.195. The molecule has 0 aromatic heterocycles. The Labute approximate surface area is 127 Å². The first-order valence-electron chi connectivity index (χ1n) is 7.90. The van der Waals surface area contributed by atoms with Crippen molar-refractivity contribution >= 4 is 0 Å². The molecule has 0 saturated heterocycles. The molecule has 1 aromatic carbocycles. The minimum Gasteiger partial charge on any atom is -0.496 e. The smallest absolute Gasteiger partial charge is 0.123 e. The Balaban J connectivity index is 2.35. The van der Waals surface area contributed by atoms with Gasteiger partial charge in [-0.1, -0.05) is 20.8 Å². The van der Waals surface area contributed by atoms with Crippen LogP contribution in [0.1, 0.15) is 51.5 Å². The van der Waals surface area contributed by atoms with E-state index in [-0.39, 0.29) is 11.2 Å². The fourth-order valence-corrected chi connectivity index (χ4v) is 3.68. The molecular weight excluding hydrogens is 265 g/mol. The molecule has 3 heteroatoms. The van der Waals surface area contributed by atoms with Gasteiger partial charge in [-0.2, -0.15) is 0 Å². The number of rotatable bonds is 3. The molecule has 1 fully saturated rings. The number of ether oxygens (including phenoxy) is 1. The predicted molar refractivity (Wildman–Crippen MR) is 85.0 cm³/mol. The highest BCUT2D eigenvalue weighted by molar-refractivity contribution is 5.37. The van der Waals surface area contributed by atoms with E-state index in [0.29, 0.717) is 24.3 Å². The molecule has 0 aliphatic heterocycles.